The predicted octanol–water partition coefficient (Wildman–Crippen LogP) is 0.485. The summed E-state index contributed by atoms with van der Waals surface area (Å²) in [5, 5.41) is 10.3. The Morgan fingerprint density at radius 2 is 1.88 bits per heavy atom. The normalized spacial score (nSPS) is 38.4. The largest absolute Gasteiger partial charge is 0.458 e. The van der Waals surface area contributed by atoms with Crippen molar-refractivity contribution in [1.29, 1.82) is 0 Å². The van der Waals surface area contributed by atoms with Gasteiger partial charge in [-0.3, -0.25) is 4.79 Å². The van der Waals surface area contributed by atoms with Crippen molar-refractivity contribution in [3.63, 3.8) is 0 Å². The lowest BCUT2D eigenvalue weighted by Crippen LogP contribution is -2.69. The zero-order valence-corrected chi connectivity index (χ0v) is 15.0. The first-order valence-electron chi connectivity index (χ1n) is 7.89. The van der Waals surface area contributed by atoms with E-state index in [0.717, 1.165) is 0 Å². The molecule has 0 spiro atoms. The van der Waals surface area contributed by atoms with Crippen molar-refractivity contribution < 1.29 is 38.4 Å². The van der Waals surface area contributed by atoms with Gasteiger partial charge in [0, 0.05) is 25.9 Å². The van der Waals surface area contributed by atoms with E-state index in [9.17, 15) is 14.7 Å². The maximum absolute atomic E-state index is 12.7. The van der Waals surface area contributed by atoms with Gasteiger partial charge in [-0.2, -0.15) is 0 Å². The number of aliphatic hydroxyl groups excluding tert-OH is 1. The molecular weight excluding hydrogens is 332 g/mol. The summed E-state index contributed by atoms with van der Waals surface area (Å²) in [6.45, 7) is 4.58. The fourth-order valence-corrected chi connectivity index (χ4v) is 2.78. The Bertz CT molecular complexity index is 597. The number of allylic oxidation sites excluding steroid dienone is 1. The number of aliphatic hydroxyl groups is 1. The first-order valence-corrected chi connectivity index (χ1v) is 7.89. The number of hydrogen-bond donors (Lipinski definition) is 1. The van der Waals surface area contributed by atoms with Crippen molar-refractivity contribution in [2.75, 3.05) is 20.8 Å². The Balaban J connectivity index is 2.24. The van der Waals surface area contributed by atoms with Gasteiger partial charge >= 0.3 is 5.97 Å². The minimum atomic E-state index is -1.37. The summed E-state index contributed by atoms with van der Waals surface area (Å²) in [5.74, 6) is -3.72. The van der Waals surface area contributed by atoms with Crippen LogP contribution in [0.15, 0.2) is 23.8 Å². The molecule has 2 rings (SSSR count). The Kier molecular flexibility index (Phi) is 5.80. The minimum absolute atomic E-state index is 0.134. The number of Topliss-reactive ketones (excluding diaryl/α,β-unsaturated/α-hetero) is 1. The Morgan fingerprint density at radius 1 is 1.28 bits per heavy atom. The molecule has 0 radical (unpaired) electrons. The third-order valence-corrected chi connectivity index (χ3v) is 4.57. The molecule has 5 unspecified atom stereocenters. The standard InChI is InChI=1S/C17H24O8/c1-6-7-12(19)23-9-10-8-11(18)14-15(13(10)20)25-17(3,22-5)16(2,21-4)24-14/h6-8,11,14-15,18H,9H2,1-5H3/b7-6+. The number of hydrogen-bond acceptors (Lipinski definition) is 8. The molecule has 0 amide bonds. The molecule has 1 aliphatic heterocycles. The van der Waals surface area contributed by atoms with Gasteiger partial charge in [0.1, 0.15) is 18.8 Å². The first-order chi connectivity index (χ1) is 11.7. The Hall–Kier alpha value is -1.58. The Labute approximate surface area is 146 Å². The second-order valence-corrected chi connectivity index (χ2v) is 6.08. The van der Waals surface area contributed by atoms with E-state index in [2.05, 4.69) is 0 Å². The highest BCUT2D eigenvalue weighted by Crippen LogP contribution is 2.42. The number of fused-ring (bicyclic) bond motifs is 1. The molecule has 140 valence electrons. The van der Waals surface area contributed by atoms with Gasteiger partial charge in [0.25, 0.3) is 0 Å². The smallest absolute Gasteiger partial charge is 0.330 e. The van der Waals surface area contributed by atoms with Gasteiger partial charge < -0.3 is 28.8 Å². The third-order valence-electron chi connectivity index (χ3n) is 4.57. The molecule has 1 saturated heterocycles. The van der Waals surface area contributed by atoms with E-state index in [1.54, 1.807) is 20.8 Å². The van der Waals surface area contributed by atoms with Gasteiger partial charge in [-0.25, -0.2) is 4.79 Å². The number of ketones is 1. The summed E-state index contributed by atoms with van der Waals surface area (Å²) in [7, 11) is 2.82. The lowest BCUT2D eigenvalue weighted by atomic mass is 9.88. The van der Waals surface area contributed by atoms with E-state index >= 15 is 0 Å². The molecule has 0 saturated carbocycles. The molecule has 1 heterocycles. The lowest BCUT2D eigenvalue weighted by Gasteiger charge is -2.53. The molecule has 8 nitrogen and oxygen atoms in total. The number of ether oxygens (including phenoxy) is 5. The SMILES string of the molecule is C/C=C/C(=O)OCC1=CC(O)C2OC(C)(OC)C(C)(OC)OC2C1=O. The highest BCUT2D eigenvalue weighted by Gasteiger charge is 2.60. The molecule has 2 aliphatic rings. The van der Waals surface area contributed by atoms with Gasteiger partial charge in [-0.05, 0) is 26.8 Å². The van der Waals surface area contributed by atoms with E-state index in [0.29, 0.717) is 0 Å². The van der Waals surface area contributed by atoms with Crippen molar-refractivity contribution in [2.24, 2.45) is 0 Å². The molecule has 8 heteroatoms. The fraction of sp³-hybridized carbons (Fsp3) is 0.647. The van der Waals surface area contributed by atoms with Gasteiger partial charge in [0.05, 0.1) is 0 Å². The topological polar surface area (TPSA) is 101 Å². The van der Waals surface area contributed by atoms with Gasteiger partial charge in [0.15, 0.2) is 11.9 Å². The molecule has 1 aliphatic carbocycles. The number of carbonyl (C=O) groups is 2. The maximum atomic E-state index is 12.7. The summed E-state index contributed by atoms with van der Waals surface area (Å²) in [5.41, 5.74) is 0.134. The summed E-state index contributed by atoms with van der Waals surface area (Å²) in [6, 6.07) is 0. The molecule has 1 N–H and O–H groups in total. The van der Waals surface area contributed by atoms with Crippen LogP contribution in [0.25, 0.3) is 0 Å². The monoisotopic (exact) mass is 356 g/mol. The third kappa shape index (κ3) is 3.54. The summed E-state index contributed by atoms with van der Waals surface area (Å²) < 4.78 is 27.3. The average molecular weight is 356 g/mol. The molecule has 0 aromatic carbocycles. The van der Waals surface area contributed by atoms with Crippen LogP contribution in [0, 0.1) is 0 Å². The van der Waals surface area contributed by atoms with Crippen molar-refractivity contribution in [1.82, 2.24) is 0 Å². The number of carbonyl (C=O) groups excluding carboxylic acids is 2. The van der Waals surface area contributed by atoms with Crippen LogP contribution in [0.1, 0.15) is 20.8 Å². The molecule has 1 fully saturated rings. The minimum Gasteiger partial charge on any atom is -0.458 e. The number of methoxy groups -OCH3 is 2. The van der Waals surface area contributed by atoms with Crippen LogP contribution in [0.2, 0.25) is 0 Å². The van der Waals surface area contributed by atoms with Crippen LogP contribution in [-0.2, 0) is 33.3 Å². The predicted molar refractivity (Wildman–Crippen MR) is 85.4 cm³/mol. The van der Waals surface area contributed by atoms with Crippen LogP contribution in [0.3, 0.4) is 0 Å². The maximum Gasteiger partial charge on any atom is 0.330 e. The van der Waals surface area contributed by atoms with Crippen molar-refractivity contribution in [3.8, 4) is 0 Å². The van der Waals surface area contributed by atoms with Crippen LogP contribution < -0.4 is 0 Å². The first kappa shape index (κ1) is 19.7. The van der Waals surface area contributed by atoms with Gasteiger partial charge in [0.2, 0.25) is 11.6 Å². The van der Waals surface area contributed by atoms with E-state index in [4.69, 9.17) is 23.7 Å². The Morgan fingerprint density at radius 3 is 2.44 bits per heavy atom. The van der Waals surface area contributed by atoms with E-state index in [-0.39, 0.29) is 12.2 Å². The highest BCUT2D eigenvalue weighted by atomic mass is 16.8. The van der Waals surface area contributed by atoms with Crippen LogP contribution >= 0.6 is 0 Å². The molecular formula is C17H24O8. The van der Waals surface area contributed by atoms with Crippen LogP contribution in [0.5, 0.6) is 0 Å². The summed E-state index contributed by atoms with van der Waals surface area (Å²) >= 11 is 0. The average Bonchev–Trinajstić information content (AvgIpc) is 2.59. The van der Waals surface area contributed by atoms with Crippen LogP contribution in [-0.4, -0.2) is 67.6 Å². The second-order valence-electron chi connectivity index (χ2n) is 6.08. The van der Waals surface area contributed by atoms with Crippen molar-refractivity contribution >= 4 is 11.8 Å². The van der Waals surface area contributed by atoms with Crippen LogP contribution in [0.4, 0.5) is 0 Å². The quantitative estimate of drug-likeness (QED) is 0.561. The molecule has 0 aromatic rings. The zero-order chi connectivity index (χ0) is 18.8. The lowest BCUT2D eigenvalue weighted by molar-refractivity contribution is -0.446. The van der Waals surface area contributed by atoms with E-state index < -0.39 is 41.6 Å². The van der Waals surface area contributed by atoms with E-state index in [1.165, 1.54) is 32.4 Å². The molecule has 0 aromatic heterocycles. The van der Waals surface area contributed by atoms with E-state index in [1.807, 2.05) is 0 Å². The molecule has 5 atom stereocenters. The second kappa shape index (κ2) is 7.35. The summed E-state index contributed by atoms with van der Waals surface area (Å²) in [6.07, 6.45) is 0.867. The molecule has 25 heavy (non-hydrogen) atoms. The zero-order valence-electron chi connectivity index (χ0n) is 15.0. The molecule has 0 bridgehead atoms. The van der Waals surface area contributed by atoms with Crippen molar-refractivity contribution in [3.05, 3.63) is 23.8 Å². The number of rotatable bonds is 5. The van der Waals surface area contributed by atoms with Crippen molar-refractivity contribution in [2.45, 2.75) is 50.7 Å². The highest BCUT2D eigenvalue weighted by molar-refractivity contribution is 6.01. The summed E-state index contributed by atoms with van der Waals surface area (Å²) in [4.78, 5) is 24.1. The number of esters is 1. The van der Waals surface area contributed by atoms with Gasteiger partial charge in [-0.1, -0.05) is 6.08 Å². The van der Waals surface area contributed by atoms with Gasteiger partial charge in [-0.15, -0.1) is 0 Å². The fourth-order valence-electron chi connectivity index (χ4n) is 2.78.